The van der Waals surface area contributed by atoms with E-state index in [1.807, 2.05) is 30.3 Å². The van der Waals surface area contributed by atoms with Crippen LogP contribution in [0.4, 0.5) is 4.39 Å². The van der Waals surface area contributed by atoms with Crippen LogP contribution >= 0.6 is 0 Å². The van der Waals surface area contributed by atoms with E-state index in [4.69, 9.17) is 9.57 Å². The van der Waals surface area contributed by atoms with Gasteiger partial charge < -0.3 is 14.9 Å². The molecule has 1 N–H and O–H groups in total. The quantitative estimate of drug-likeness (QED) is 0.194. The van der Waals surface area contributed by atoms with Gasteiger partial charge in [0, 0.05) is 23.9 Å². The predicted octanol–water partition coefficient (Wildman–Crippen LogP) is 5.85. The van der Waals surface area contributed by atoms with Crippen LogP contribution in [0.1, 0.15) is 90.7 Å². The average Bonchev–Trinajstić information content (AvgIpc) is 3.42. The van der Waals surface area contributed by atoms with Crippen LogP contribution < -0.4 is 5.32 Å². The number of hydrogen-bond donors (Lipinski definition) is 1. The maximum atomic E-state index is 13.5. The van der Waals surface area contributed by atoms with Gasteiger partial charge in [-0.3, -0.25) is 19.4 Å². The van der Waals surface area contributed by atoms with Crippen LogP contribution in [0, 0.1) is 5.92 Å². The third-order valence-electron chi connectivity index (χ3n) is 7.47. The fraction of sp³-hybridized carbons (Fsp3) is 0.581. The van der Waals surface area contributed by atoms with Gasteiger partial charge in [0.2, 0.25) is 5.60 Å². The highest BCUT2D eigenvalue weighted by Crippen LogP contribution is 2.35. The third kappa shape index (κ3) is 8.08. The number of esters is 1. The van der Waals surface area contributed by atoms with Crippen LogP contribution in [-0.2, 0) is 24.0 Å². The van der Waals surface area contributed by atoms with Gasteiger partial charge in [-0.2, -0.15) is 0 Å². The average molecular weight is 556 g/mol. The van der Waals surface area contributed by atoms with Crippen molar-refractivity contribution in [2.45, 2.75) is 96.6 Å². The van der Waals surface area contributed by atoms with Gasteiger partial charge in [0.25, 0.3) is 5.91 Å². The van der Waals surface area contributed by atoms with Crippen molar-refractivity contribution < 1.29 is 28.3 Å². The summed E-state index contributed by atoms with van der Waals surface area (Å²) in [6.07, 6.45) is 10.2. The zero-order chi connectivity index (χ0) is 29.0. The van der Waals surface area contributed by atoms with E-state index in [0.717, 1.165) is 36.5 Å². The van der Waals surface area contributed by atoms with Crippen LogP contribution in [0.5, 0.6) is 0 Å². The Morgan fingerprint density at radius 1 is 1.05 bits per heavy atom. The number of hydrogen-bond acceptors (Lipinski definition) is 7. The molecule has 1 amide bonds. The van der Waals surface area contributed by atoms with Gasteiger partial charge in [0.15, 0.2) is 5.78 Å². The molecule has 0 bridgehead atoms. The highest BCUT2D eigenvalue weighted by atomic mass is 19.1. The van der Waals surface area contributed by atoms with Crippen molar-refractivity contribution in [2.75, 3.05) is 13.3 Å². The first-order valence-corrected chi connectivity index (χ1v) is 14.5. The number of oxime groups is 1. The van der Waals surface area contributed by atoms with E-state index < -0.39 is 42.4 Å². The van der Waals surface area contributed by atoms with Gasteiger partial charge in [-0.05, 0) is 17.9 Å². The van der Waals surface area contributed by atoms with Crippen molar-refractivity contribution in [3.63, 3.8) is 0 Å². The minimum absolute atomic E-state index is 0.108. The van der Waals surface area contributed by atoms with Crippen LogP contribution in [-0.4, -0.2) is 53.3 Å². The second-order valence-corrected chi connectivity index (χ2v) is 10.8. The number of nitrogens with one attached hydrogen (secondary N) is 1. The number of aromatic nitrogens is 1. The molecule has 9 heteroatoms. The standard InChI is InChI=1S/C31H42FN3O5/c1-4-5-6-7-8-9-10-13-18-39-28(37)19-25(27(36)21-32)34-30(38)31(22(2)3)20-26(35-40-31)29-24-15-12-11-14-23(24)16-17-33-29/h11-12,14-17,22,25H,4-10,13,18-21H2,1-3H3,(H,34,38)/t25-,31?/m0/s1. The Morgan fingerprint density at radius 2 is 1.75 bits per heavy atom. The van der Waals surface area contributed by atoms with Gasteiger partial charge in [-0.15, -0.1) is 0 Å². The van der Waals surface area contributed by atoms with E-state index >= 15 is 0 Å². The molecule has 2 atom stereocenters. The van der Waals surface area contributed by atoms with Gasteiger partial charge >= 0.3 is 5.97 Å². The van der Waals surface area contributed by atoms with Crippen molar-refractivity contribution >= 4 is 34.1 Å². The Kier molecular flexibility index (Phi) is 12.0. The SMILES string of the molecule is CCCCCCCCCCOC(=O)C[C@H](NC(=O)C1(C(C)C)CC(c2nccc3ccccc23)=NO1)C(=O)CF. The molecule has 2 heterocycles. The van der Waals surface area contributed by atoms with Gasteiger partial charge in [0.1, 0.15) is 18.4 Å². The van der Waals surface area contributed by atoms with E-state index in [2.05, 4.69) is 22.4 Å². The molecule has 1 unspecified atom stereocenters. The van der Waals surface area contributed by atoms with Crippen molar-refractivity contribution in [3.8, 4) is 0 Å². The minimum Gasteiger partial charge on any atom is -0.466 e. The molecule has 0 spiro atoms. The number of unbranched alkanes of at least 4 members (excludes halogenated alkanes) is 7. The summed E-state index contributed by atoms with van der Waals surface area (Å²) in [6.45, 7) is 4.71. The van der Waals surface area contributed by atoms with Crippen LogP contribution in [0.3, 0.4) is 0 Å². The summed E-state index contributed by atoms with van der Waals surface area (Å²) in [7, 11) is 0. The van der Waals surface area contributed by atoms with E-state index in [0.29, 0.717) is 11.4 Å². The number of rotatable bonds is 17. The zero-order valence-electron chi connectivity index (χ0n) is 23.9. The summed E-state index contributed by atoms with van der Waals surface area (Å²) in [4.78, 5) is 48.5. The van der Waals surface area contributed by atoms with E-state index in [1.54, 1.807) is 20.0 Å². The molecular weight excluding hydrogens is 513 g/mol. The van der Waals surface area contributed by atoms with Crippen molar-refractivity contribution in [1.82, 2.24) is 10.3 Å². The van der Waals surface area contributed by atoms with Gasteiger partial charge in [-0.25, -0.2) is 4.39 Å². The molecular formula is C31H42FN3O5. The van der Waals surface area contributed by atoms with Crippen LogP contribution in [0.25, 0.3) is 10.8 Å². The van der Waals surface area contributed by atoms with E-state index in [9.17, 15) is 18.8 Å². The summed E-state index contributed by atoms with van der Waals surface area (Å²) >= 11 is 0. The number of benzene rings is 1. The van der Waals surface area contributed by atoms with Gasteiger partial charge in [-0.1, -0.05) is 95.1 Å². The number of pyridine rings is 1. The Morgan fingerprint density at radius 3 is 2.45 bits per heavy atom. The zero-order valence-corrected chi connectivity index (χ0v) is 23.9. The second kappa shape index (κ2) is 15.4. The molecule has 40 heavy (non-hydrogen) atoms. The maximum Gasteiger partial charge on any atom is 0.308 e. The molecule has 1 aliphatic heterocycles. The Labute approximate surface area is 236 Å². The lowest BCUT2D eigenvalue weighted by atomic mass is 9.83. The smallest absolute Gasteiger partial charge is 0.308 e. The summed E-state index contributed by atoms with van der Waals surface area (Å²) in [6, 6.07) is 8.23. The molecule has 1 aliphatic rings. The first-order chi connectivity index (χ1) is 19.3. The lowest BCUT2D eigenvalue weighted by molar-refractivity contribution is -0.153. The number of amides is 1. The first kappa shape index (κ1) is 31.2. The Bertz CT molecular complexity index is 1180. The fourth-order valence-corrected chi connectivity index (χ4v) is 4.89. The molecule has 1 aromatic heterocycles. The number of carbonyl (C=O) groups excluding carboxylic acids is 3. The maximum absolute atomic E-state index is 13.5. The third-order valence-corrected chi connectivity index (χ3v) is 7.47. The van der Waals surface area contributed by atoms with Crippen molar-refractivity contribution in [2.24, 2.45) is 11.1 Å². The highest BCUT2D eigenvalue weighted by Gasteiger charge is 2.51. The second-order valence-electron chi connectivity index (χ2n) is 10.8. The number of fused-ring (bicyclic) bond motifs is 1. The monoisotopic (exact) mass is 555 g/mol. The number of alkyl halides is 1. The lowest BCUT2D eigenvalue weighted by Gasteiger charge is -2.30. The molecule has 8 nitrogen and oxygen atoms in total. The molecule has 3 rings (SSSR count). The minimum atomic E-state index is -1.44. The summed E-state index contributed by atoms with van der Waals surface area (Å²) in [5.41, 5.74) is -0.336. The largest absolute Gasteiger partial charge is 0.466 e. The number of halogens is 1. The molecule has 0 fully saturated rings. The highest BCUT2D eigenvalue weighted by molar-refractivity contribution is 6.12. The number of Topliss-reactive ketones (excluding diaryl/α,β-unsaturated/α-hetero) is 1. The first-order valence-electron chi connectivity index (χ1n) is 14.5. The molecule has 1 aromatic carbocycles. The van der Waals surface area contributed by atoms with E-state index in [-0.39, 0.29) is 18.9 Å². The lowest BCUT2D eigenvalue weighted by Crippen LogP contribution is -2.55. The molecule has 0 radical (unpaired) electrons. The fourth-order valence-electron chi connectivity index (χ4n) is 4.89. The van der Waals surface area contributed by atoms with E-state index in [1.165, 1.54) is 25.7 Å². The number of carbonyl (C=O) groups is 3. The van der Waals surface area contributed by atoms with Gasteiger partial charge in [0.05, 0.1) is 18.7 Å². The summed E-state index contributed by atoms with van der Waals surface area (Å²) < 4.78 is 18.7. The molecule has 2 aromatic rings. The van der Waals surface area contributed by atoms with Crippen LogP contribution in [0.2, 0.25) is 0 Å². The summed E-state index contributed by atoms with van der Waals surface area (Å²) in [5.74, 6) is -2.54. The molecule has 218 valence electrons. The van der Waals surface area contributed by atoms with Crippen molar-refractivity contribution in [3.05, 3.63) is 42.2 Å². The molecule has 0 aliphatic carbocycles. The Balaban J connectivity index is 1.58. The number of ether oxygens (including phenoxy) is 1. The number of nitrogens with zero attached hydrogens (tertiary/aromatic N) is 2. The molecule has 0 saturated heterocycles. The topological polar surface area (TPSA) is 107 Å². The molecule has 0 saturated carbocycles. The predicted molar refractivity (Wildman–Crippen MR) is 153 cm³/mol. The Hall–Kier alpha value is -3.36. The normalized spacial score (nSPS) is 17.4. The summed E-state index contributed by atoms with van der Waals surface area (Å²) in [5, 5.41) is 8.62. The van der Waals surface area contributed by atoms with Crippen molar-refractivity contribution in [1.29, 1.82) is 0 Å². The van der Waals surface area contributed by atoms with Crippen LogP contribution in [0.15, 0.2) is 41.7 Å². The number of ketones is 1.